The van der Waals surface area contributed by atoms with E-state index in [1.807, 2.05) is 30.3 Å². The highest BCUT2D eigenvalue weighted by Crippen LogP contribution is 2.37. The van der Waals surface area contributed by atoms with E-state index in [1.165, 1.54) is 16.8 Å². The van der Waals surface area contributed by atoms with Crippen molar-refractivity contribution in [1.82, 2.24) is 14.5 Å². The molecule has 0 aliphatic carbocycles. The number of piperazine rings is 1. The van der Waals surface area contributed by atoms with Gasteiger partial charge in [0.1, 0.15) is 17.1 Å². The molecular formula is C20H18F3N5OS. The van der Waals surface area contributed by atoms with E-state index in [1.54, 1.807) is 6.20 Å². The topological polar surface area (TPSA) is 56.8 Å². The number of aromatic nitrogens is 2. The van der Waals surface area contributed by atoms with Gasteiger partial charge in [-0.05, 0) is 30.8 Å². The molecule has 1 saturated heterocycles. The van der Waals surface area contributed by atoms with Gasteiger partial charge in [0.2, 0.25) is 0 Å². The Hall–Kier alpha value is -2.90. The Morgan fingerprint density at radius 2 is 1.80 bits per heavy atom. The van der Waals surface area contributed by atoms with Crippen LogP contribution < -0.4 is 9.08 Å². The average Bonchev–Trinajstić information content (AvgIpc) is 3.15. The van der Waals surface area contributed by atoms with Crippen molar-refractivity contribution in [1.29, 1.82) is 5.26 Å². The molecule has 6 nitrogen and oxygen atoms in total. The fraction of sp³-hybridized carbons (Fsp3) is 0.300. The number of hydrogen-bond acceptors (Lipinski definition) is 6. The Labute approximate surface area is 175 Å². The predicted octanol–water partition coefficient (Wildman–Crippen LogP) is 4.17. The summed E-state index contributed by atoms with van der Waals surface area (Å²) in [6.45, 7) is 3.88. The number of fused-ring (bicyclic) bond motifs is 1. The quantitative estimate of drug-likeness (QED) is 0.576. The van der Waals surface area contributed by atoms with Gasteiger partial charge in [0.25, 0.3) is 0 Å². The molecule has 1 aromatic carbocycles. The zero-order chi connectivity index (χ0) is 21.3. The van der Waals surface area contributed by atoms with Gasteiger partial charge in [-0.1, -0.05) is 12.1 Å². The van der Waals surface area contributed by atoms with Crippen LogP contribution in [0, 0.1) is 11.3 Å². The van der Waals surface area contributed by atoms with Crippen LogP contribution in [0.1, 0.15) is 5.56 Å². The van der Waals surface area contributed by atoms with Gasteiger partial charge in [-0.2, -0.15) is 23.5 Å². The maximum absolute atomic E-state index is 12.7. The first-order valence-corrected chi connectivity index (χ1v) is 9.96. The third-order valence-corrected chi connectivity index (χ3v) is 5.44. The normalized spacial score (nSPS) is 15.4. The van der Waals surface area contributed by atoms with Crippen molar-refractivity contribution in [2.75, 3.05) is 38.1 Å². The van der Waals surface area contributed by atoms with Crippen molar-refractivity contribution in [3.8, 4) is 22.9 Å². The standard InChI is InChI=1S/C20H18F3N5OS/c1-26-6-8-27(9-7-26)17-4-2-14(3-5-17)15-10-18(29-30-20(21,22)23)19-16(11-24)12-25-28(19)13-15/h2-5,10,12-13H,6-9H2,1H3. The van der Waals surface area contributed by atoms with E-state index in [0.29, 0.717) is 5.56 Å². The minimum absolute atomic E-state index is 0.0629. The molecule has 0 saturated carbocycles. The fourth-order valence-electron chi connectivity index (χ4n) is 3.41. The number of likely N-dealkylation sites (N-methyl/N-ethyl adjacent to an activating group) is 1. The molecule has 3 heterocycles. The Morgan fingerprint density at radius 3 is 2.43 bits per heavy atom. The molecule has 0 atom stereocenters. The van der Waals surface area contributed by atoms with Crippen LogP contribution in [0.25, 0.3) is 16.6 Å². The number of nitriles is 1. The molecule has 3 aromatic rings. The van der Waals surface area contributed by atoms with E-state index in [2.05, 4.69) is 21.9 Å². The first-order chi connectivity index (χ1) is 14.3. The number of halogens is 3. The largest absolute Gasteiger partial charge is 0.479 e. The summed E-state index contributed by atoms with van der Waals surface area (Å²) in [5.74, 6) is -0.0629. The van der Waals surface area contributed by atoms with Crippen LogP contribution >= 0.6 is 12.0 Å². The van der Waals surface area contributed by atoms with Crippen LogP contribution in [0.15, 0.2) is 42.7 Å². The van der Waals surface area contributed by atoms with Gasteiger partial charge in [-0.3, -0.25) is 0 Å². The molecule has 0 amide bonds. The fourth-order valence-corrected chi connectivity index (χ4v) is 3.72. The Bertz CT molecular complexity index is 1080. The molecule has 1 fully saturated rings. The van der Waals surface area contributed by atoms with Crippen molar-refractivity contribution in [2.24, 2.45) is 0 Å². The van der Waals surface area contributed by atoms with E-state index < -0.39 is 17.6 Å². The number of hydrogen-bond donors (Lipinski definition) is 0. The molecule has 0 N–H and O–H groups in total. The Kier molecular flexibility index (Phi) is 5.49. The van der Waals surface area contributed by atoms with E-state index in [4.69, 9.17) is 4.18 Å². The van der Waals surface area contributed by atoms with E-state index in [0.717, 1.165) is 37.4 Å². The van der Waals surface area contributed by atoms with Gasteiger partial charge in [-0.15, -0.1) is 0 Å². The highest BCUT2D eigenvalue weighted by atomic mass is 32.2. The molecule has 2 aromatic heterocycles. The lowest BCUT2D eigenvalue weighted by molar-refractivity contribution is -0.0369. The molecular weight excluding hydrogens is 415 g/mol. The zero-order valence-corrected chi connectivity index (χ0v) is 16.9. The van der Waals surface area contributed by atoms with Gasteiger partial charge in [0.05, 0.1) is 6.20 Å². The van der Waals surface area contributed by atoms with Crippen molar-refractivity contribution in [3.63, 3.8) is 0 Å². The maximum Gasteiger partial charge on any atom is 0.479 e. The summed E-state index contributed by atoms with van der Waals surface area (Å²) in [6.07, 6.45) is 2.98. The number of rotatable bonds is 4. The van der Waals surface area contributed by atoms with Gasteiger partial charge >= 0.3 is 5.51 Å². The minimum atomic E-state index is -4.57. The second-order valence-electron chi connectivity index (χ2n) is 7.01. The second kappa shape index (κ2) is 8.08. The number of alkyl halides is 3. The molecule has 0 unspecified atom stereocenters. The summed E-state index contributed by atoms with van der Waals surface area (Å²) in [4.78, 5) is 4.58. The molecule has 4 rings (SSSR count). The smallest absolute Gasteiger partial charge is 0.415 e. The van der Waals surface area contributed by atoms with E-state index >= 15 is 0 Å². The van der Waals surface area contributed by atoms with Gasteiger partial charge in [0.15, 0.2) is 17.8 Å². The number of anilines is 1. The summed E-state index contributed by atoms with van der Waals surface area (Å²) in [6, 6.07) is 11.3. The average molecular weight is 433 g/mol. The molecule has 10 heteroatoms. The second-order valence-corrected chi connectivity index (χ2v) is 7.80. The summed E-state index contributed by atoms with van der Waals surface area (Å²) in [5.41, 5.74) is -1.67. The van der Waals surface area contributed by atoms with Crippen LogP contribution in [0.4, 0.5) is 18.9 Å². The van der Waals surface area contributed by atoms with Crippen LogP contribution in [0.2, 0.25) is 0 Å². The molecule has 30 heavy (non-hydrogen) atoms. The SMILES string of the molecule is CN1CCN(c2ccc(-c3cc(OSC(F)(F)F)c4c(C#N)cnn4c3)cc2)CC1. The summed E-state index contributed by atoms with van der Waals surface area (Å²) >= 11 is -0.612. The zero-order valence-electron chi connectivity index (χ0n) is 16.1. The lowest BCUT2D eigenvalue weighted by Gasteiger charge is -2.34. The molecule has 0 radical (unpaired) electrons. The number of benzene rings is 1. The predicted molar refractivity (Wildman–Crippen MR) is 109 cm³/mol. The third-order valence-electron chi connectivity index (χ3n) is 4.99. The van der Waals surface area contributed by atoms with Gasteiger partial charge < -0.3 is 14.0 Å². The summed E-state index contributed by atoms with van der Waals surface area (Å²) < 4.78 is 44.3. The molecule has 156 valence electrons. The Morgan fingerprint density at radius 1 is 1.10 bits per heavy atom. The summed E-state index contributed by atoms with van der Waals surface area (Å²) in [5, 5.41) is 13.3. The van der Waals surface area contributed by atoms with E-state index in [9.17, 15) is 18.4 Å². The van der Waals surface area contributed by atoms with E-state index in [-0.39, 0.29) is 16.8 Å². The van der Waals surface area contributed by atoms with Crippen LogP contribution in [-0.4, -0.2) is 53.2 Å². The van der Waals surface area contributed by atoms with Crippen molar-refractivity contribution in [3.05, 3.63) is 48.3 Å². The summed E-state index contributed by atoms with van der Waals surface area (Å²) in [7, 11) is 2.10. The Balaban J connectivity index is 1.66. The maximum atomic E-state index is 12.7. The molecule has 0 bridgehead atoms. The number of nitrogens with zero attached hydrogens (tertiary/aromatic N) is 5. The molecule has 1 aliphatic rings. The third kappa shape index (κ3) is 4.32. The molecule has 1 aliphatic heterocycles. The minimum Gasteiger partial charge on any atom is -0.415 e. The molecule has 0 spiro atoms. The van der Waals surface area contributed by atoms with Crippen molar-refractivity contribution < 1.29 is 17.4 Å². The van der Waals surface area contributed by atoms with Crippen molar-refractivity contribution >= 4 is 23.2 Å². The van der Waals surface area contributed by atoms with Gasteiger partial charge in [-0.25, -0.2) is 4.52 Å². The lowest BCUT2D eigenvalue weighted by Crippen LogP contribution is -2.44. The van der Waals surface area contributed by atoms with Crippen LogP contribution in [-0.2, 0) is 0 Å². The van der Waals surface area contributed by atoms with Crippen molar-refractivity contribution in [2.45, 2.75) is 5.51 Å². The first kappa shape index (κ1) is 20.4. The first-order valence-electron chi connectivity index (χ1n) is 9.22. The van der Waals surface area contributed by atoms with Gasteiger partial charge in [0, 0.05) is 43.6 Å². The lowest BCUT2D eigenvalue weighted by atomic mass is 10.1. The van der Waals surface area contributed by atoms with Crippen LogP contribution in [0.5, 0.6) is 5.75 Å². The number of pyridine rings is 1. The highest BCUT2D eigenvalue weighted by molar-refractivity contribution is 7.95. The monoisotopic (exact) mass is 433 g/mol. The van der Waals surface area contributed by atoms with Crippen LogP contribution in [0.3, 0.4) is 0 Å². The highest BCUT2D eigenvalue weighted by Gasteiger charge is 2.32.